The predicted octanol–water partition coefficient (Wildman–Crippen LogP) is 3.79. The third kappa shape index (κ3) is 2.32. The van der Waals surface area contributed by atoms with Gasteiger partial charge in [-0.25, -0.2) is 13.2 Å². The summed E-state index contributed by atoms with van der Waals surface area (Å²) in [4.78, 5) is 14.1. The summed E-state index contributed by atoms with van der Waals surface area (Å²) in [6.45, 7) is 0.711. The van der Waals surface area contributed by atoms with Crippen LogP contribution in [-0.2, 0) is 20.0 Å². The van der Waals surface area contributed by atoms with E-state index in [1.807, 2.05) is 31.3 Å². The van der Waals surface area contributed by atoms with Gasteiger partial charge in [-0.15, -0.1) is 0 Å². The number of carbonyl (C=O) groups is 1. The van der Waals surface area contributed by atoms with Gasteiger partial charge in [0.05, 0.1) is 5.56 Å². The number of nitrogens with zero attached hydrogens (tertiary/aromatic N) is 2. The molecule has 4 rings (SSSR count). The first-order valence-electron chi connectivity index (χ1n) is 7.97. The zero-order valence-corrected chi connectivity index (χ0v) is 13.5. The lowest BCUT2D eigenvalue weighted by molar-refractivity contribution is 0.0728. The molecule has 2 aromatic carbocycles. The Balaban J connectivity index is 1.72. The molecule has 2 heterocycles. The van der Waals surface area contributed by atoms with Crippen molar-refractivity contribution in [3.8, 4) is 0 Å². The van der Waals surface area contributed by atoms with Gasteiger partial charge in [0.1, 0.15) is 0 Å². The maximum Gasteiger partial charge on any atom is 0.257 e. The maximum absolute atomic E-state index is 14.0. The van der Waals surface area contributed by atoms with E-state index in [9.17, 15) is 18.0 Å². The van der Waals surface area contributed by atoms with E-state index < -0.39 is 28.9 Å². The molecule has 0 unspecified atom stereocenters. The van der Waals surface area contributed by atoms with Gasteiger partial charge in [-0.1, -0.05) is 18.2 Å². The number of benzene rings is 2. The molecule has 0 bridgehead atoms. The first-order valence-corrected chi connectivity index (χ1v) is 7.97. The number of halogens is 3. The molecule has 128 valence electrons. The topological polar surface area (TPSA) is 25.2 Å². The molecule has 0 saturated carbocycles. The third-order valence-corrected chi connectivity index (χ3v) is 4.86. The van der Waals surface area contributed by atoms with Gasteiger partial charge >= 0.3 is 0 Å². The van der Waals surface area contributed by atoms with Gasteiger partial charge in [0.25, 0.3) is 5.91 Å². The fraction of sp³-hybridized carbons (Fsp3) is 0.211. The molecule has 0 radical (unpaired) electrons. The van der Waals surface area contributed by atoms with Crippen LogP contribution in [0.15, 0.2) is 36.4 Å². The minimum absolute atomic E-state index is 0.313. The van der Waals surface area contributed by atoms with Crippen LogP contribution in [0.4, 0.5) is 13.2 Å². The second-order valence-electron chi connectivity index (χ2n) is 6.20. The summed E-state index contributed by atoms with van der Waals surface area (Å²) in [5, 5.41) is 1.04. The Morgan fingerprint density at radius 3 is 2.60 bits per heavy atom. The smallest absolute Gasteiger partial charge is 0.257 e. The Morgan fingerprint density at radius 2 is 1.80 bits per heavy atom. The molecule has 0 fully saturated rings. The number of amides is 1. The number of aryl methyl sites for hydroxylation is 1. The minimum atomic E-state index is -1.62. The summed E-state index contributed by atoms with van der Waals surface area (Å²) in [6.07, 6.45) is 0.623. The van der Waals surface area contributed by atoms with Crippen LogP contribution in [0.3, 0.4) is 0 Å². The number of para-hydroxylation sites is 1. The van der Waals surface area contributed by atoms with Crippen molar-refractivity contribution in [3.05, 3.63) is 70.7 Å². The summed E-state index contributed by atoms with van der Waals surface area (Å²) in [7, 11) is 1.98. The Hall–Kier alpha value is -2.76. The fourth-order valence-electron chi connectivity index (χ4n) is 3.57. The molecule has 1 aromatic heterocycles. The van der Waals surface area contributed by atoms with Crippen LogP contribution < -0.4 is 0 Å². The molecule has 0 atom stereocenters. The molecule has 1 aliphatic heterocycles. The Morgan fingerprint density at radius 1 is 1.04 bits per heavy atom. The van der Waals surface area contributed by atoms with E-state index >= 15 is 0 Å². The average Bonchev–Trinajstić information content (AvgIpc) is 2.92. The number of carbonyl (C=O) groups excluding carboxylic acids is 1. The standard InChI is InChI=1S/C19H15F3N2O/c1-23-15-5-3-2-4-11(15)13-10-24(9-8-16(13)23)19(25)12-6-7-14(20)18(22)17(12)21/h2-7H,8-10H2,1H3. The van der Waals surface area contributed by atoms with E-state index in [1.54, 1.807) is 0 Å². The van der Waals surface area contributed by atoms with Crippen LogP contribution in [-0.4, -0.2) is 21.9 Å². The van der Waals surface area contributed by atoms with Crippen molar-refractivity contribution in [3.63, 3.8) is 0 Å². The summed E-state index contributed by atoms with van der Waals surface area (Å²) in [5.41, 5.74) is 2.78. The van der Waals surface area contributed by atoms with Crippen molar-refractivity contribution in [2.75, 3.05) is 6.54 Å². The summed E-state index contributed by atoms with van der Waals surface area (Å²) in [5.74, 6) is -4.98. The van der Waals surface area contributed by atoms with Crippen LogP contribution in [0, 0.1) is 17.5 Å². The average molecular weight is 344 g/mol. The van der Waals surface area contributed by atoms with Crippen molar-refractivity contribution < 1.29 is 18.0 Å². The van der Waals surface area contributed by atoms with Gasteiger partial charge in [-0.3, -0.25) is 4.79 Å². The quantitative estimate of drug-likeness (QED) is 0.617. The van der Waals surface area contributed by atoms with E-state index in [-0.39, 0.29) is 0 Å². The zero-order chi connectivity index (χ0) is 17.7. The predicted molar refractivity (Wildman–Crippen MR) is 87.7 cm³/mol. The molecule has 3 aromatic rings. The van der Waals surface area contributed by atoms with E-state index in [1.165, 1.54) is 4.90 Å². The molecule has 0 saturated heterocycles. The number of hydrogen-bond acceptors (Lipinski definition) is 1. The van der Waals surface area contributed by atoms with Crippen LogP contribution in [0.2, 0.25) is 0 Å². The van der Waals surface area contributed by atoms with Crippen molar-refractivity contribution >= 4 is 16.8 Å². The van der Waals surface area contributed by atoms with Crippen LogP contribution in [0.1, 0.15) is 21.6 Å². The van der Waals surface area contributed by atoms with Crippen LogP contribution in [0.5, 0.6) is 0 Å². The Bertz CT molecular complexity index is 1010. The largest absolute Gasteiger partial charge is 0.347 e. The van der Waals surface area contributed by atoms with Gasteiger partial charge in [0.15, 0.2) is 17.5 Å². The number of fused-ring (bicyclic) bond motifs is 3. The molecule has 6 heteroatoms. The molecule has 25 heavy (non-hydrogen) atoms. The first-order chi connectivity index (χ1) is 12.0. The van der Waals surface area contributed by atoms with Crippen molar-refractivity contribution in [2.24, 2.45) is 7.05 Å². The molecule has 1 amide bonds. The minimum Gasteiger partial charge on any atom is -0.347 e. The highest BCUT2D eigenvalue weighted by Crippen LogP contribution is 2.31. The molecule has 0 spiro atoms. The van der Waals surface area contributed by atoms with Crippen molar-refractivity contribution in [1.29, 1.82) is 0 Å². The second kappa shape index (κ2) is 5.65. The Kier molecular flexibility index (Phi) is 3.56. The van der Waals surface area contributed by atoms with E-state index in [2.05, 4.69) is 4.57 Å². The molecule has 1 aliphatic rings. The third-order valence-electron chi connectivity index (χ3n) is 4.86. The SMILES string of the molecule is Cn1c2c(c3ccccc31)CN(C(=O)c1ccc(F)c(F)c1F)CC2. The number of aromatic nitrogens is 1. The second-order valence-corrected chi connectivity index (χ2v) is 6.20. The molecular formula is C19H15F3N2O. The summed E-state index contributed by atoms with van der Waals surface area (Å²) < 4.78 is 42.6. The van der Waals surface area contributed by atoms with E-state index in [0.717, 1.165) is 34.3 Å². The fourth-order valence-corrected chi connectivity index (χ4v) is 3.57. The highest BCUT2D eigenvalue weighted by Gasteiger charge is 2.28. The lowest BCUT2D eigenvalue weighted by Crippen LogP contribution is -2.36. The van der Waals surface area contributed by atoms with Crippen LogP contribution in [0.25, 0.3) is 10.9 Å². The van der Waals surface area contributed by atoms with Crippen molar-refractivity contribution in [1.82, 2.24) is 9.47 Å². The van der Waals surface area contributed by atoms with E-state index in [4.69, 9.17) is 0 Å². The lowest BCUT2D eigenvalue weighted by atomic mass is 10.0. The molecule has 0 N–H and O–H groups in total. The lowest BCUT2D eigenvalue weighted by Gasteiger charge is -2.28. The van der Waals surface area contributed by atoms with Gasteiger partial charge in [-0.05, 0) is 18.2 Å². The maximum atomic E-state index is 14.0. The Labute approximate surface area is 142 Å². The van der Waals surface area contributed by atoms with Gasteiger partial charge in [-0.2, -0.15) is 0 Å². The number of hydrogen-bond donors (Lipinski definition) is 0. The van der Waals surface area contributed by atoms with Gasteiger partial charge in [0.2, 0.25) is 0 Å². The summed E-state index contributed by atoms with van der Waals surface area (Å²) in [6, 6.07) is 9.65. The van der Waals surface area contributed by atoms with Gasteiger partial charge < -0.3 is 9.47 Å². The zero-order valence-electron chi connectivity index (χ0n) is 13.5. The normalized spacial score (nSPS) is 14.0. The highest BCUT2D eigenvalue weighted by atomic mass is 19.2. The molecular weight excluding hydrogens is 329 g/mol. The molecule has 3 nitrogen and oxygen atoms in total. The van der Waals surface area contributed by atoms with Crippen LogP contribution >= 0.6 is 0 Å². The van der Waals surface area contributed by atoms with Gasteiger partial charge in [0, 0.05) is 48.7 Å². The highest BCUT2D eigenvalue weighted by molar-refractivity contribution is 5.95. The van der Waals surface area contributed by atoms with Crippen molar-refractivity contribution in [2.45, 2.75) is 13.0 Å². The number of rotatable bonds is 1. The molecule has 0 aliphatic carbocycles. The summed E-state index contributed by atoms with van der Waals surface area (Å²) >= 11 is 0. The van der Waals surface area contributed by atoms with E-state index in [0.29, 0.717) is 19.5 Å². The first kappa shape index (κ1) is 15.7. The monoisotopic (exact) mass is 344 g/mol.